The van der Waals surface area contributed by atoms with E-state index in [4.69, 9.17) is 14.2 Å². The van der Waals surface area contributed by atoms with Crippen LogP contribution in [0.2, 0.25) is 0 Å². The summed E-state index contributed by atoms with van der Waals surface area (Å²) in [4.78, 5) is 38.0. The van der Waals surface area contributed by atoms with E-state index in [0.29, 0.717) is 19.3 Å². The maximum atomic E-state index is 12.8. The minimum absolute atomic E-state index is 0.0680. The zero-order chi connectivity index (χ0) is 45.1. The van der Waals surface area contributed by atoms with Crippen molar-refractivity contribution in [3.8, 4) is 0 Å². The number of rotatable bonds is 51. The van der Waals surface area contributed by atoms with E-state index in [2.05, 4.69) is 32.9 Å². The van der Waals surface area contributed by atoms with E-state index in [0.717, 1.165) is 64.2 Å². The molecule has 366 valence electrons. The predicted octanol–water partition coefficient (Wildman–Crippen LogP) is 18.2. The van der Waals surface area contributed by atoms with Crippen molar-refractivity contribution in [3.05, 3.63) is 12.2 Å². The smallest absolute Gasteiger partial charge is 0.306 e. The van der Waals surface area contributed by atoms with Crippen LogP contribution in [0.5, 0.6) is 0 Å². The average molecular weight is 875 g/mol. The number of carbonyl (C=O) groups excluding carboxylic acids is 3. The molecule has 6 heteroatoms. The molecule has 0 saturated heterocycles. The van der Waals surface area contributed by atoms with Crippen LogP contribution in [0.1, 0.15) is 310 Å². The van der Waals surface area contributed by atoms with Crippen LogP contribution in [-0.4, -0.2) is 37.2 Å². The molecule has 0 rings (SSSR count). The number of unbranched alkanes of at least 4 members (excludes halogenated alkanes) is 38. The molecule has 0 aliphatic heterocycles. The average Bonchev–Trinajstić information content (AvgIpc) is 3.27. The van der Waals surface area contributed by atoms with Gasteiger partial charge in [0.25, 0.3) is 0 Å². The number of allylic oxidation sites excluding steroid dienone is 2. The van der Waals surface area contributed by atoms with Gasteiger partial charge in [-0.05, 0) is 38.5 Å². The molecular weight excluding hydrogens is 769 g/mol. The molecule has 62 heavy (non-hydrogen) atoms. The van der Waals surface area contributed by atoms with E-state index in [1.54, 1.807) is 0 Å². The number of ether oxygens (including phenoxy) is 3. The molecule has 0 aliphatic rings. The normalized spacial score (nSPS) is 12.0. The summed E-state index contributed by atoms with van der Waals surface area (Å²) in [5.41, 5.74) is 0. The van der Waals surface area contributed by atoms with Crippen molar-refractivity contribution < 1.29 is 28.6 Å². The largest absolute Gasteiger partial charge is 0.462 e. The molecular formula is C56H106O6. The Hall–Kier alpha value is -1.85. The highest BCUT2D eigenvalue weighted by Crippen LogP contribution is 2.17. The summed E-state index contributed by atoms with van der Waals surface area (Å²) in [6.45, 7) is 6.64. The lowest BCUT2D eigenvalue weighted by molar-refractivity contribution is -0.167. The Labute approximate surface area is 386 Å². The Morgan fingerprint density at radius 1 is 0.306 bits per heavy atom. The topological polar surface area (TPSA) is 78.9 Å². The lowest BCUT2D eigenvalue weighted by atomic mass is 10.0. The van der Waals surface area contributed by atoms with Crippen LogP contribution < -0.4 is 0 Å². The molecule has 0 aliphatic carbocycles. The molecule has 0 aromatic rings. The second-order valence-electron chi connectivity index (χ2n) is 18.9. The van der Waals surface area contributed by atoms with Crippen LogP contribution in [0, 0.1) is 0 Å². The van der Waals surface area contributed by atoms with Crippen molar-refractivity contribution in [1.82, 2.24) is 0 Å². The summed E-state index contributed by atoms with van der Waals surface area (Å²) in [7, 11) is 0. The van der Waals surface area contributed by atoms with Crippen LogP contribution in [0.25, 0.3) is 0 Å². The summed E-state index contributed by atoms with van der Waals surface area (Å²) in [5, 5.41) is 0. The van der Waals surface area contributed by atoms with Gasteiger partial charge in [-0.25, -0.2) is 0 Å². The first-order valence-electron chi connectivity index (χ1n) is 27.7. The van der Waals surface area contributed by atoms with Crippen molar-refractivity contribution in [2.75, 3.05) is 13.2 Å². The Bertz CT molecular complexity index is 962. The Balaban J connectivity index is 4.20. The summed E-state index contributed by atoms with van der Waals surface area (Å²) in [6.07, 6.45) is 57.8. The van der Waals surface area contributed by atoms with Gasteiger partial charge in [-0.15, -0.1) is 0 Å². The van der Waals surface area contributed by atoms with Gasteiger partial charge in [-0.2, -0.15) is 0 Å². The second-order valence-corrected chi connectivity index (χ2v) is 18.9. The highest BCUT2D eigenvalue weighted by atomic mass is 16.6. The molecule has 0 bridgehead atoms. The zero-order valence-corrected chi connectivity index (χ0v) is 41.9. The summed E-state index contributed by atoms with van der Waals surface area (Å²) in [5.74, 6) is -0.859. The first kappa shape index (κ1) is 60.2. The highest BCUT2D eigenvalue weighted by Gasteiger charge is 2.19. The number of carbonyl (C=O) groups is 3. The Kier molecular flexibility index (Phi) is 50.2. The first-order chi connectivity index (χ1) is 30.5. The van der Waals surface area contributed by atoms with Gasteiger partial charge in [0, 0.05) is 19.3 Å². The van der Waals surface area contributed by atoms with E-state index < -0.39 is 6.10 Å². The molecule has 0 N–H and O–H groups in total. The van der Waals surface area contributed by atoms with Crippen LogP contribution in [-0.2, 0) is 28.6 Å². The fraction of sp³-hybridized carbons (Fsp3) is 0.911. The van der Waals surface area contributed by atoms with Crippen LogP contribution in [0.4, 0.5) is 0 Å². The lowest BCUT2D eigenvalue weighted by Gasteiger charge is -2.18. The van der Waals surface area contributed by atoms with Crippen molar-refractivity contribution in [1.29, 1.82) is 0 Å². The van der Waals surface area contributed by atoms with E-state index in [1.165, 1.54) is 205 Å². The van der Waals surface area contributed by atoms with E-state index >= 15 is 0 Å². The molecule has 0 amide bonds. The first-order valence-corrected chi connectivity index (χ1v) is 27.7. The third kappa shape index (κ3) is 49.2. The van der Waals surface area contributed by atoms with E-state index in [9.17, 15) is 14.4 Å². The van der Waals surface area contributed by atoms with Gasteiger partial charge in [0.05, 0.1) is 0 Å². The summed E-state index contributed by atoms with van der Waals surface area (Å²) in [6, 6.07) is 0. The number of esters is 3. The predicted molar refractivity (Wildman–Crippen MR) is 266 cm³/mol. The lowest BCUT2D eigenvalue weighted by Crippen LogP contribution is -2.30. The van der Waals surface area contributed by atoms with Gasteiger partial charge < -0.3 is 14.2 Å². The van der Waals surface area contributed by atoms with Crippen molar-refractivity contribution in [3.63, 3.8) is 0 Å². The molecule has 0 unspecified atom stereocenters. The molecule has 0 radical (unpaired) electrons. The van der Waals surface area contributed by atoms with Crippen molar-refractivity contribution in [2.45, 2.75) is 316 Å². The van der Waals surface area contributed by atoms with Crippen molar-refractivity contribution in [2.24, 2.45) is 0 Å². The van der Waals surface area contributed by atoms with Gasteiger partial charge in [-0.3, -0.25) is 14.4 Å². The third-order valence-electron chi connectivity index (χ3n) is 12.5. The SMILES string of the molecule is CCCC/C=C\CCCCCCCC(=O)O[C@@H](COC(=O)CCCCCCCCCCCCCC)COC(=O)CCCCCCCCCCCCCCCCCCCCCCC. The molecule has 0 saturated carbocycles. The van der Waals surface area contributed by atoms with Gasteiger partial charge in [-0.1, -0.05) is 264 Å². The van der Waals surface area contributed by atoms with E-state index in [-0.39, 0.29) is 31.1 Å². The van der Waals surface area contributed by atoms with Gasteiger partial charge in [0.1, 0.15) is 13.2 Å². The fourth-order valence-corrected chi connectivity index (χ4v) is 8.31. The summed E-state index contributed by atoms with van der Waals surface area (Å²) < 4.78 is 16.8. The monoisotopic (exact) mass is 875 g/mol. The standard InChI is InChI=1S/C56H106O6/c1-4-7-10-13-16-19-22-24-25-26-27-28-29-30-31-32-35-37-40-43-46-49-55(58)61-52-53(62-56(59)50-47-44-41-38-33-21-18-15-12-9-6-3)51-60-54(57)48-45-42-39-36-34-23-20-17-14-11-8-5-2/h15,18,53H,4-14,16-17,19-52H2,1-3H3/b18-15-/t53-/m0/s1. The Morgan fingerprint density at radius 2 is 0.548 bits per heavy atom. The molecule has 0 heterocycles. The second kappa shape index (κ2) is 51.8. The molecule has 0 aromatic heterocycles. The quantitative estimate of drug-likeness (QED) is 0.0262. The highest BCUT2D eigenvalue weighted by molar-refractivity contribution is 5.71. The minimum atomic E-state index is -0.767. The maximum absolute atomic E-state index is 12.8. The maximum Gasteiger partial charge on any atom is 0.306 e. The number of hydrogen-bond donors (Lipinski definition) is 0. The molecule has 0 fully saturated rings. The number of hydrogen-bond acceptors (Lipinski definition) is 6. The van der Waals surface area contributed by atoms with Crippen LogP contribution >= 0.6 is 0 Å². The molecule has 0 spiro atoms. The van der Waals surface area contributed by atoms with Crippen LogP contribution in [0.15, 0.2) is 12.2 Å². The van der Waals surface area contributed by atoms with Crippen LogP contribution in [0.3, 0.4) is 0 Å². The fourth-order valence-electron chi connectivity index (χ4n) is 8.31. The van der Waals surface area contributed by atoms with E-state index in [1.807, 2.05) is 0 Å². The Morgan fingerprint density at radius 3 is 0.855 bits per heavy atom. The van der Waals surface area contributed by atoms with Gasteiger partial charge in [0.15, 0.2) is 6.10 Å². The molecule has 0 aromatic carbocycles. The third-order valence-corrected chi connectivity index (χ3v) is 12.5. The van der Waals surface area contributed by atoms with Gasteiger partial charge in [0.2, 0.25) is 0 Å². The molecule has 6 nitrogen and oxygen atoms in total. The van der Waals surface area contributed by atoms with Gasteiger partial charge >= 0.3 is 17.9 Å². The minimum Gasteiger partial charge on any atom is -0.462 e. The summed E-state index contributed by atoms with van der Waals surface area (Å²) >= 11 is 0. The van der Waals surface area contributed by atoms with Crippen molar-refractivity contribution >= 4 is 17.9 Å². The molecule has 1 atom stereocenters. The zero-order valence-electron chi connectivity index (χ0n) is 41.9.